The van der Waals surface area contributed by atoms with Crippen molar-refractivity contribution in [1.82, 2.24) is 0 Å². The molecule has 3 rings (SSSR count). The van der Waals surface area contributed by atoms with E-state index in [1.54, 1.807) is 30.3 Å². The van der Waals surface area contributed by atoms with Gasteiger partial charge < -0.3 is 5.11 Å². The number of sulfonamides is 1. The molecule has 3 aromatic carbocycles. The summed E-state index contributed by atoms with van der Waals surface area (Å²) in [5.74, 6) is 0. The van der Waals surface area contributed by atoms with Crippen molar-refractivity contribution in [2.75, 3.05) is 11.4 Å². The van der Waals surface area contributed by atoms with Gasteiger partial charge in [0.2, 0.25) is 5.60 Å². The van der Waals surface area contributed by atoms with Crippen molar-refractivity contribution < 1.29 is 26.7 Å². The molecule has 0 fully saturated rings. The first-order valence-electron chi connectivity index (χ1n) is 9.62. The van der Waals surface area contributed by atoms with Gasteiger partial charge in [0.15, 0.2) is 0 Å². The van der Waals surface area contributed by atoms with Gasteiger partial charge in [-0.15, -0.1) is 0 Å². The van der Waals surface area contributed by atoms with Crippen LogP contribution in [0.4, 0.5) is 18.9 Å². The van der Waals surface area contributed by atoms with Crippen LogP contribution in [0.2, 0.25) is 0 Å². The lowest BCUT2D eigenvalue weighted by molar-refractivity contribution is -0.244. The third-order valence-corrected chi connectivity index (χ3v) is 6.82. The predicted octanol–water partition coefficient (Wildman–Crippen LogP) is 4.85. The normalized spacial score (nSPS) is 13.9. The Labute approximate surface area is 189 Å². The zero-order chi connectivity index (χ0) is 24.3. The largest absolute Gasteiger partial charge is 0.425 e. The van der Waals surface area contributed by atoms with E-state index in [4.69, 9.17) is 5.26 Å². The van der Waals surface area contributed by atoms with Gasteiger partial charge in [-0.1, -0.05) is 54.6 Å². The lowest BCUT2D eigenvalue weighted by Gasteiger charge is -2.28. The number of alkyl halides is 3. The van der Waals surface area contributed by atoms with Gasteiger partial charge in [0.25, 0.3) is 10.0 Å². The van der Waals surface area contributed by atoms with E-state index in [0.29, 0.717) is 11.6 Å². The average Bonchev–Trinajstić information content (AvgIpc) is 2.82. The molecule has 0 aliphatic rings. The Morgan fingerprint density at radius 1 is 0.970 bits per heavy atom. The fourth-order valence-electron chi connectivity index (χ4n) is 3.08. The molecule has 0 aromatic heterocycles. The summed E-state index contributed by atoms with van der Waals surface area (Å²) in [5.41, 5.74) is -3.04. The van der Waals surface area contributed by atoms with Gasteiger partial charge in [-0.25, -0.2) is 8.42 Å². The second-order valence-electron chi connectivity index (χ2n) is 7.17. The molecule has 0 spiro atoms. The van der Waals surface area contributed by atoms with Gasteiger partial charge >= 0.3 is 6.18 Å². The average molecular weight is 472 g/mol. The van der Waals surface area contributed by atoms with E-state index < -0.39 is 27.4 Å². The highest BCUT2D eigenvalue weighted by Crippen LogP contribution is 2.41. The third-order valence-electron chi connectivity index (χ3n) is 5.04. The summed E-state index contributed by atoms with van der Waals surface area (Å²) in [4.78, 5) is -0.134. The first kappa shape index (κ1) is 24.0. The minimum Gasteiger partial charge on any atom is -0.373 e. The molecule has 1 N–H and O–H groups in total. The Morgan fingerprint density at radius 3 is 2.18 bits per heavy atom. The molecule has 33 heavy (non-hydrogen) atoms. The first-order chi connectivity index (χ1) is 15.5. The van der Waals surface area contributed by atoms with E-state index in [0.717, 1.165) is 16.4 Å². The van der Waals surface area contributed by atoms with Crippen LogP contribution < -0.4 is 4.31 Å². The third kappa shape index (κ3) is 4.92. The Balaban J connectivity index is 1.95. The lowest BCUT2D eigenvalue weighted by atomic mass is 9.91. The van der Waals surface area contributed by atoms with E-state index >= 15 is 0 Å². The number of halogens is 3. The van der Waals surface area contributed by atoms with Crippen LogP contribution >= 0.6 is 0 Å². The Kier molecular flexibility index (Phi) is 6.63. The molecule has 5 nitrogen and oxygen atoms in total. The van der Waals surface area contributed by atoms with Crippen molar-refractivity contribution >= 4 is 21.8 Å². The number of aliphatic hydroxyl groups is 1. The van der Waals surface area contributed by atoms with E-state index in [1.165, 1.54) is 49.5 Å². The molecule has 0 amide bonds. The molecule has 0 heterocycles. The summed E-state index contributed by atoms with van der Waals surface area (Å²) < 4.78 is 68.0. The molecule has 1 unspecified atom stereocenters. The van der Waals surface area contributed by atoms with Crippen molar-refractivity contribution in [2.24, 2.45) is 0 Å². The quantitative estimate of drug-likeness (QED) is 0.556. The summed E-state index contributed by atoms with van der Waals surface area (Å²) in [6.07, 6.45) is -3.19. The summed E-state index contributed by atoms with van der Waals surface area (Å²) in [6.45, 7) is 0. The molecule has 0 aliphatic heterocycles. The monoisotopic (exact) mass is 472 g/mol. The molecular formula is C24H19F3N2O3S. The molecule has 0 radical (unpaired) electrons. The van der Waals surface area contributed by atoms with E-state index in [-0.39, 0.29) is 16.1 Å². The standard InChI is InChI=1S/C24H19F3N2O3S/c1-29(33(31,32)22-9-5-8-19(16-22)17-28)21-12-10-20(11-13-21)23(30,24(25,26)27)15-14-18-6-3-2-4-7-18/h2-16,30H,1H3. The zero-order valence-corrected chi connectivity index (χ0v) is 18.2. The van der Waals surface area contributed by atoms with Crippen LogP contribution in [0.5, 0.6) is 0 Å². The van der Waals surface area contributed by atoms with E-state index in [9.17, 15) is 26.7 Å². The molecular weight excluding hydrogens is 453 g/mol. The Hall–Kier alpha value is -3.61. The second kappa shape index (κ2) is 9.10. The number of hydrogen-bond donors (Lipinski definition) is 1. The molecule has 0 saturated heterocycles. The van der Waals surface area contributed by atoms with Crippen LogP contribution in [0.3, 0.4) is 0 Å². The van der Waals surface area contributed by atoms with Crippen LogP contribution in [0, 0.1) is 11.3 Å². The maximum atomic E-state index is 13.8. The molecule has 0 saturated carbocycles. The number of benzene rings is 3. The summed E-state index contributed by atoms with van der Waals surface area (Å²) in [6, 6.07) is 19.9. The molecule has 3 aromatic rings. The number of nitrogens with zero attached hydrogens (tertiary/aromatic N) is 2. The summed E-state index contributed by atoms with van der Waals surface area (Å²) in [5, 5.41) is 19.5. The van der Waals surface area contributed by atoms with Gasteiger partial charge in [-0.3, -0.25) is 4.31 Å². The highest BCUT2D eigenvalue weighted by Gasteiger charge is 2.53. The number of anilines is 1. The Bertz CT molecular complexity index is 1300. The van der Waals surface area contributed by atoms with Crippen molar-refractivity contribution in [3.05, 3.63) is 102 Å². The topological polar surface area (TPSA) is 81.4 Å². The van der Waals surface area contributed by atoms with Gasteiger partial charge in [-0.2, -0.15) is 18.4 Å². The number of hydrogen-bond acceptors (Lipinski definition) is 4. The SMILES string of the molecule is CN(c1ccc(C(O)(C=Cc2ccccc2)C(F)(F)F)cc1)S(=O)(=O)c1cccc(C#N)c1. The molecule has 0 bridgehead atoms. The second-order valence-corrected chi connectivity index (χ2v) is 9.14. The highest BCUT2D eigenvalue weighted by molar-refractivity contribution is 7.92. The first-order valence-corrected chi connectivity index (χ1v) is 11.1. The smallest absolute Gasteiger partial charge is 0.373 e. The van der Waals surface area contributed by atoms with Crippen molar-refractivity contribution in [3.63, 3.8) is 0 Å². The maximum absolute atomic E-state index is 13.8. The fourth-order valence-corrected chi connectivity index (χ4v) is 4.33. The van der Waals surface area contributed by atoms with Crippen LogP contribution in [0.1, 0.15) is 16.7 Å². The summed E-state index contributed by atoms with van der Waals surface area (Å²) >= 11 is 0. The lowest BCUT2D eigenvalue weighted by Crippen LogP contribution is -2.40. The highest BCUT2D eigenvalue weighted by atomic mass is 32.2. The predicted molar refractivity (Wildman–Crippen MR) is 119 cm³/mol. The van der Waals surface area contributed by atoms with Gasteiger partial charge in [0.05, 0.1) is 22.2 Å². The van der Waals surface area contributed by atoms with Crippen LogP contribution in [-0.4, -0.2) is 26.7 Å². The van der Waals surface area contributed by atoms with Crippen LogP contribution in [0.15, 0.2) is 89.8 Å². The van der Waals surface area contributed by atoms with E-state index in [2.05, 4.69) is 0 Å². The fraction of sp³-hybridized carbons (Fsp3) is 0.125. The van der Waals surface area contributed by atoms with Crippen LogP contribution in [-0.2, 0) is 15.6 Å². The summed E-state index contributed by atoms with van der Waals surface area (Å²) in [7, 11) is -2.82. The molecule has 1 atom stereocenters. The van der Waals surface area contributed by atoms with Crippen LogP contribution in [0.25, 0.3) is 6.08 Å². The van der Waals surface area contributed by atoms with Gasteiger partial charge in [-0.05, 0) is 47.5 Å². The van der Waals surface area contributed by atoms with E-state index in [1.807, 2.05) is 6.07 Å². The minimum absolute atomic E-state index is 0.0812. The Morgan fingerprint density at radius 2 is 1.61 bits per heavy atom. The van der Waals surface area contributed by atoms with Gasteiger partial charge in [0.1, 0.15) is 0 Å². The maximum Gasteiger partial charge on any atom is 0.425 e. The minimum atomic E-state index is -5.02. The molecule has 9 heteroatoms. The van der Waals surface area contributed by atoms with Crippen molar-refractivity contribution in [2.45, 2.75) is 16.7 Å². The molecule has 0 aliphatic carbocycles. The number of nitriles is 1. The van der Waals surface area contributed by atoms with Crippen molar-refractivity contribution in [3.8, 4) is 6.07 Å². The molecule has 170 valence electrons. The van der Waals surface area contributed by atoms with Crippen molar-refractivity contribution in [1.29, 1.82) is 5.26 Å². The number of rotatable bonds is 6. The van der Waals surface area contributed by atoms with Gasteiger partial charge in [0, 0.05) is 7.05 Å². The zero-order valence-electron chi connectivity index (χ0n) is 17.4.